The van der Waals surface area contributed by atoms with Crippen LogP contribution in [0.3, 0.4) is 0 Å². The van der Waals surface area contributed by atoms with E-state index >= 15 is 0 Å². The van der Waals surface area contributed by atoms with Gasteiger partial charge in [0.25, 0.3) is 0 Å². The first-order valence-corrected chi connectivity index (χ1v) is 5.46. The summed E-state index contributed by atoms with van der Waals surface area (Å²) >= 11 is 0. The summed E-state index contributed by atoms with van der Waals surface area (Å²) in [5.74, 6) is -1.26. The highest BCUT2D eigenvalue weighted by atomic mass is 16.7. The standard InChI is InChI=1S/C10H15N3O5/c1-5-8(4-12-13-11)18-10(17-7(3)15)9(5)16-6(2)14/h5,8-10H,4H2,1-3H3/t5-,8-,9-,10?/m1/s1. The van der Waals surface area contributed by atoms with Gasteiger partial charge >= 0.3 is 11.9 Å². The Labute approximate surface area is 104 Å². The lowest BCUT2D eigenvalue weighted by atomic mass is 10.0. The van der Waals surface area contributed by atoms with Crippen molar-refractivity contribution in [1.82, 2.24) is 0 Å². The van der Waals surface area contributed by atoms with Gasteiger partial charge in [0.1, 0.15) is 0 Å². The van der Waals surface area contributed by atoms with Gasteiger partial charge in [-0.1, -0.05) is 12.0 Å². The van der Waals surface area contributed by atoms with Gasteiger partial charge in [-0.05, 0) is 5.53 Å². The monoisotopic (exact) mass is 257 g/mol. The highest BCUT2D eigenvalue weighted by Gasteiger charge is 2.45. The fourth-order valence-electron chi connectivity index (χ4n) is 1.77. The lowest BCUT2D eigenvalue weighted by molar-refractivity contribution is -0.193. The predicted molar refractivity (Wildman–Crippen MR) is 59.2 cm³/mol. The summed E-state index contributed by atoms with van der Waals surface area (Å²) in [5, 5.41) is 3.41. The molecule has 0 bridgehead atoms. The Morgan fingerprint density at radius 3 is 2.44 bits per heavy atom. The highest BCUT2D eigenvalue weighted by Crippen LogP contribution is 2.30. The van der Waals surface area contributed by atoms with E-state index in [0.29, 0.717) is 0 Å². The summed E-state index contributed by atoms with van der Waals surface area (Å²) < 4.78 is 15.4. The van der Waals surface area contributed by atoms with E-state index < -0.39 is 30.4 Å². The Bertz CT molecular complexity index is 380. The largest absolute Gasteiger partial charge is 0.455 e. The first-order valence-electron chi connectivity index (χ1n) is 5.46. The Hall–Kier alpha value is -1.79. The molecule has 8 heteroatoms. The normalized spacial score (nSPS) is 30.4. The van der Waals surface area contributed by atoms with Gasteiger partial charge in [0.2, 0.25) is 6.29 Å². The summed E-state index contributed by atoms with van der Waals surface area (Å²) in [4.78, 5) is 24.6. The number of carbonyl (C=O) groups excluding carboxylic acids is 2. The van der Waals surface area contributed by atoms with E-state index in [4.69, 9.17) is 19.7 Å². The van der Waals surface area contributed by atoms with Gasteiger partial charge in [-0.25, -0.2) is 0 Å². The van der Waals surface area contributed by atoms with E-state index in [1.807, 2.05) is 0 Å². The molecule has 1 fully saturated rings. The van der Waals surface area contributed by atoms with Crippen molar-refractivity contribution in [3.8, 4) is 0 Å². The molecule has 0 saturated carbocycles. The van der Waals surface area contributed by atoms with Crippen molar-refractivity contribution in [2.75, 3.05) is 6.54 Å². The molecule has 8 nitrogen and oxygen atoms in total. The summed E-state index contributed by atoms with van der Waals surface area (Å²) in [6.07, 6.45) is -2.10. The van der Waals surface area contributed by atoms with E-state index in [9.17, 15) is 9.59 Å². The van der Waals surface area contributed by atoms with Crippen LogP contribution in [-0.2, 0) is 23.8 Å². The second-order valence-electron chi connectivity index (χ2n) is 4.00. The maximum absolute atomic E-state index is 11.0. The maximum Gasteiger partial charge on any atom is 0.305 e. The first-order chi connectivity index (χ1) is 8.45. The SMILES string of the molecule is CC(=O)OC1O[C@H](CN=[N+]=[N-])[C@@H](C)[C@H]1OC(C)=O. The molecular formula is C10H15N3O5. The van der Waals surface area contributed by atoms with Gasteiger partial charge in [0.05, 0.1) is 12.6 Å². The average Bonchev–Trinajstić information content (AvgIpc) is 2.53. The molecule has 1 heterocycles. The maximum atomic E-state index is 11.0. The fourth-order valence-corrected chi connectivity index (χ4v) is 1.77. The molecular weight excluding hydrogens is 242 g/mol. The fraction of sp³-hybridized carbons (Fsp3) is 0.800. The van der Waals surface area contributed by atoms with E-state index in [1.54, 1.807) is 6.92 Å². The molecule has 0 aromatic rings. The molecule has 0 aromatic heterocycles. The molecule has 0 amide bonds. The van der Waals surface area contributed by atoms with Crippen LogP contribution < -0.4 is 0 Å². The van der Waals surface area contributed by atoms with E-state index in [-0.39, 0.29) is 12.5 Å². The Morgan fingerprint density at radius 1 is 1.33 bits per heavy atom. The lowest BCUT2D eigenvalue weighted by Crippen LogP contribution is -2.33. The summed E-state index contributed by atoms with van der Waals surface area (Å²) in [6, 6.07) is 0. The summed E-state index contributed by atoms with van der Waals surface area (Å²) in [7, 11) is 0. The molecule has 0 aromatic carbocycles. The summed E-state index contributed by atoms with van der Waals surface area (Å²) in [6.45, 7) is 4.36. The molecule has 1 rings (SSSR count). The van der Waals surface area contributed by atoms with Crippen LogP contribution in [0.25, 0.3) is 10.4 Å². The first kappa shape index (κ1) is 14.3. The number of esters is 2. The van der Waals surface area contributed by atoms with Crippen LogP contribution in [0.4, 0.5) is 0 Å². The van der Waals surface area contributed by atoms with Crippen molar-refractivity contribution in [2.45, 2.75) is 39.3 Å². The number of hydrogen-bond acceptors (Lipinski definition) is 6. The second kappa shape index (κ2) is 6.23. The minimum Gasteiger partial charge on any atom is -0.455 e. The molecule has 18 heavy (non-hydrogen) atoms. The van der Waals surface area contributed by atoms with Gasteiger partial charge in [0, 0.05) is 24.7 Å². The molecule has 0 radical (unpaired) electrons. The van der Waals surface area contributed by atoms with Crippen molar-refractivity contribution in [3.05, 3.63) is 10.4 Å². The number of rotatable bonds is 4. The second-order valence-corrected chi connectivity index (χ2v) is 4.00. The van der Waals surface area contributed by atoms with E-state index in [2.05, 4.69) is 10.0 Å². The van der Waals surface area contributed by atoms with Crippen molar-refractivity contribution in [3.63, 3.8) is 0 Å². The van der Waals surface area contributed by atoms with Crippen LogP contribution in [0.5, 0.6) is 0 Å². The third-order valence-electron chi connectivity index (χ3n) is 2.59. The van der Waals surface area contributed by atoms with Crippen molar-refractivity contribution in [1.29, 1.82) is 0 Å². The molecule has 1 aliphatic heterocycles. The smallest absolute Gasteiger partial charge is 0.305 e. The summed E-state index contributed by atoms with van der Waals surface area (Å²) in [5.41, 5.74) is 8.27. The number of azide groups is 1. The number of carbonyl (C=O) groups is 2. The van der Waals surface area contributed by atoms with Gasteiger partial charge < -0.3 is 14.2 Å². The zero-order valence-electron chi connectivity index (χ0n) is 10.4. The zero-order chi connectivity index (χ0) is 13.7. The predicted octanol–water partition coefficient (Wildman–Crippen LogP) is 1.15. The van der Waals surface area contributed by atoms with Gasteiger partial charge in [-0.15, -0.1) is 0 Å². The van der Waals surface area contributed by atoms with Gasteiger partial charge in [0.15, 0.2) is 6.10 Å². The van der Waals surface area contributed by atoms with Crippen LogP contribution in [0, 0.1) is 5.92 Å². The van der Waals surface area contributed by atoms with Crippen LogP contribution in [0.2, 0.25) is 0 Å². The molecule has 1 saturated heterocycles. The van der Waals surface area contributed by atoms with E-state index in [0.717, 1.165) is 0 Å². The number of nitrogens with zero attached hydrogens (tertiary/aromatic N) is 3. The molecule has 0 aliphatic carbocycles. The van der Waals surface area contributed by atoms with Crippen LogP contribution in [-0.4, -0.2) is 37.0 Å². The lowest BCUT2D eigenvalue weighted by Gasteiger charge is -2.19. The molecule has 0 N–H and O–H groups in total. The minimum atomic E-state index is -0.958. The Balaban J connectivity index is 2.77. The number of hydrogen-bond donors (Lipinski definition) is 0. The Morgan fingerprint density at radius 2 is 1.94 bits per heavy atom. The molecule has 1 unspecified atom stereocenters. The third kappa shape index (κ3) is 3.61. The Kier molecular flexibility index (Phi) is 4.94. The topological polar surface area (TPSA) is 111 Å². The highest BCUT2D eigenvalue weighted by molar-refractivity contribution is 5.67. The molecule has 4 atom stereocenters. The molecule has 100 valence electrons. The van der Waals surface area contributed by atoms with Crippen LogP contribution >= 0.6 is 0 Å². The van der Waals surface area contributed by atoms with Crippen molar-refractivity contribution in [2.24, 2.45) is 11.0 Å². The average molecular weight is 257 g/mol. The van der Waals surface area contributed by atoms with Gasteiger partial charge in [-0.3, -0.25) is 9.59 Å². The number of ether oxygens (including phenoxy) is 3. The van der Waals surface area contributed by atoms with Crippen molar-refractivity contribution < 1.29 is 23.8 Å². The third-order valence-corrected chi connectivity index (χ3v) is 2.59. The minimum absolute atomic E-state index is 0.0905. The van der Waals surface area contributed by atoms with Crippen molar-refractivity contribution >= 4 is 11.9 Å². The molecule has 0 spiro atoms. The molecule has 1 aliphatic rings. The quantitative estimate of drug-likeness (QED) is 0.324. The zero-order valence-corrected chi connectivity index (χ0v) is 10.4. The van der Waals surface area contributed by atoms with Gasteiger partial charge in [-0.2, -0.15) is 0 Å². The van der Waals surface area contributed by atoms with Crippen LogP contribution in [0.1, 0.15) is 20.8 Å². The van der Waals surface area contributed by atoms with E-state index in [1.165, 1.54) is 13.8 Å². The van der Waals surface area contributed by atoms with Crippen LogP contribution in [0.15, 0.2) is 5.11 Å².